The number of nitrogens with one attached hydrogen (secondary N) is 1. The van der Waals surface area contributed by atoms with Crippen molar-refractivity contribution in [3.05, 3.63) is 40.3 Å². The van der Waals surface area contributed by atoms with Gasteiger partial charge in [-0.1, -0.05) is 0 Å². The van der Waals surface area contributed by atoms with Crippen LogP contribution in [0.1, 0.15) is 23.1 Å². The van der Waals surface area contributed by atoms with Gasteiger partial charge in [-0.15, -0.1) is 0 Å². The fraction of sp³-hybridized carbons (Fsp3) is 0.364. The Morgan fingerprint density at radius 1 is 1.50 bits per heavy atom. The largest absolute Gasteiger partial charge is 0.453 e. The molecular weight excluding hydrogens is 272 g/mol. The number of hydrogen-bond donors (Lipinski definition) is 1. The van der Waals surface area contributed by atoms with E-state index in [2.05, 4.69) is 25.9 Å². The summed E-state index contributed by atoms with van der Waals surface area (Å²) >= 11 is 3.37. The van der Waals surface area contributed by atoms with Crippen molar-refractivity contribution in [2.75, 3.05) is 13.2 Å². The van der Waals surface area contributed by atoms with Crippen LogP contribution in [0.15, 0.2) is 27.5 Å². The number of nitrogens with zero attached hydrogens (tertiary/aromatic N) is 1. The summed E-state index contributed by atoms with van der Waals surface area (Å²) in [7, 11) is 0. The third kappa shape index (κ3) is 1.70. The highest BCUT2D eigenvalue weighted by atomic mass is 79.9. The molecule has 0 amide bonds. The number of furan rings is 1. The molecule has 0 radical (unpaired) electrons. The Labute approximate surface area is 101 Å². The van der Waals surface area contributed by atoms with Gasteiger partial charge in [0, 0.05) is 12.4 Å². The summed E-state index contributed by atoms with van der Waals surface area (Å²) in [5.41, 5.74) is 1.20. The molecule has 0 saturated carbocycles. The average Bonchev–Trinajstić information content (AvgIpc) is 2.86. The van der Waals surface area contributed by atoms with Gasteiger partial charge in [-0.2, -0.15) is 0 Å². The summed E-state index contributed by atoms with van der Waals surface area (Å²) < 4.78 is 12.0. The normalized spacial score (nSPS) is 20.4. The average molecular weight is 283 g/mol. The molecule has 0 fully saturated rings. The maximum Gasteiger partial charge on any atom is 0.169 e. The fourth-order valence-corrected chi connectivity index (χ4v) is 2.48. The van der Waals surface area contributed by atoms with Crippen molar-refractivity contribution in [1.29, 1.82) is 0 Å². The number of hydrogen-bond acceptors (Lipinski definition) is 3. The Hall–Kier alpha value is -1.07. The van der Waals surface area contributed by atoms with Gasteiger partial charge in [-0.05, 0) is 34.0 Å². The van der Waals surface area contributed by atoms with E-state index >= 15 is 0 Å². The summed E-state index contributed by atoms with van der Waals surface area (Å²) in [6.45, 7) is 1.34. The highest BCUT2D eigenvalue weighted by Crippen LogP contribution is 2.32. The first-order valence-corrected chi connectivity index (χ1v) is 5.99. The lowest BCUT2D eigenvalue weighted by Crippen LogP contribution is -2.09. The predicted octanol–water partition coefficient (Wildman–Crippen LogP) is 2.47. The van der Waals surface area contributed by atoms with Crippen molar-refractivity contribution in [2.45, 2.75) is 12.3 Å². The van der Waals surface area contributed by atoms with Gasteiger partial charge in [0.15, 0.2) is 4.67 Å². The minimum atomic E-state index is 0.0683. The molecule has 84 valence electrons. The molecular formula is C11H11BrN2O2. The van der Waals surface area contributed by atoms with Crippen LogP contribution in [0, 0.1) is 0 Å². The summed E-state index contributed by atoms with van der Waals surface area (Å²) in [5.74, 6) is 1.92. The van der Waals surface area contributed by atoms with E-state index in [0.29, 0.717) is 6.61 Å². The standard InChI is InChI=1S/C11H11BrN2O2/c12-9-5-7-1-4-15-6-8(10(7)16-9)11-13-2-3-14-11/h2-3,5,8H,1,4,6H2,(H,13,14). The van der Waals surface area contributed by atoms with Gasteiger partial charge in [0.2, 0.25) is 0 Å². The summed E-state index contributed by atoms with van der Waals surface area (Å²) in [5, 5.41) is 0. The third-order valence-electron chi connectivity index (χ3n) is 2.78. The van der Waals surface area contributed by atoms with Crippen molar-refractivity contribution < 1.29 is 9.15 Å². The minimum Gasteiger partial charge on any atom is -0.453 e. The maximum absolute atomic E-state index is 5.70. The number of H-pyrrole nitrogens is 1. The number of imidazole rings is 1. The van der Waals surface area contributed by atoms with E-state index in [1.165, 1.54) is 5.56 Å². The molecule has 3 heterocycles. The van der Waals surface area contributed by atoms with E-state index in [9.17, 15) is 0 Å². The molecule has 1 atom stereocenters. The van der Waals surface area contributed by atoms with Crippen LogP contribution in [0.25, 0.3) is 0 Å². The molecule has 3 rings (SSSR count). The first kappa shape index (κ1) is 10.1. The predicted molar refractivity (Wildman–Crippen MR) is 61.4 cm³/mol. The van der Waals surface area contributed by atoms with Crippen LogP contribution in [0.2, 0.25) is 0 Å². The Morgan fingerprint density at radius 2 is 2.44 bits per heavy atom. The zero-order chi connectivity index (χ0) is 11.0. The highest BCUT2D eigenvalue weighted by molar-refractivity contribution is 9.10. The van der Waals surface area contributed by atoms with Crippen LogP contribution < -0.4 is 0 Å². The first-order valence-electron chi connectivity index (χ1n) is 5.19. The Bertz CT molecular complexity index is 478. The molecule has 2 aromatic heterocycles. The first-order chi connectivity index (χ1) is 7.84. The number of ether oxygens (including phenoxy) is 1. The zero-order valence-electron chi connectivity index (χ0n) is 8.57. The van der Waals surface area contributed by atoms with E-state index in [1.54, 1.807) is 6.20 Å². The second-order valence-electron chi connectivity index (χ2n) is 3.79. The molecule has 1 aliphatic rings. The van der Waals surface area contributed by atoms with Crippen molar-refractivity contribution in [1.82, 2.24) is 9.97 Å². The topological polar surface area (TPSA) is 51.0 Å². The van der Waals surface area contributed by atoms with Gasteiger partial charge in [0.25, 0.3) is 0 Å². The van der Waals surface area contributed by atoms with E-state index in [-0.39, 0.29) is 5.92 Å². The zero-order valence-corrected chi connectivity index (χ0v) is 10.2. The fourth-order valence-electron chi connectivity index (χ4n) is 2.03. The Morgan fingerprint density at radius 3 is 3.25 bits per heavy atom. The third-order valence-corrected chi connectivity index (χ3v) is 3.17. The van der Waals surface area contributed by atoms with E-state index < -0.39 is 0 Å². The van der Waals surface area contributed by atoms with Crippen LogP contribution in [-0.2, 0) is 11.2 Å². The highest BCUT2D eigenvalue weighted by Gasteiger charge is 2.26. The number of rotatable bonds is 1. The summed E-state index contributed by atoms with van der Waals surface area (Å²) in [4.78, 5) is 7.40. The molecule has 0 bridgehead atoms. The maximum atomic E-state index is 5.70. The van der Waals surface area contributed by atoms with Crippen molar-refractivity contribution in [3.8, 4) is 0 Å². The van der Waals surface area contributed by atoms with Crippen LogP contribution in [0.5, 0.6) is 0 Å². The molecule has 0 spiro atoms. The lowest BCUT2D eigenvalue weighted by atomic mass is 10.0. The summed E-state index contributed by atoms with van der Waals surface area (Å²) in [6, 6.07) is 2.01. The van der Waals surface area contributed by atoms with Gasteiger partial charge < -0.3 is 14.1 Å². The second-order valence-corrected chi connectivity index (χ2v) is 4.57. The van der Waals surface area contributed by atoms with E-state index in [4.69, 9.17) is 9.15 Å². The van der Waals surface area contributed by atoms with E-state index in [1.807, 2.05) is 12.3 Å². The molecule has 1 aliphatic heterocycles. The van der Waals surface area contributed by atoms with E-state index in [0.717, 1.165) is 29.3 Å². The van der Waals surface area contributed by atoms with Gasteiger partial charge in [0.1, 0.15) is 11.6 Å². The molecule has 1 N–H and O–H groups in total. The molecule has 0 aliphatic carbocycles. The molecule has 5 heteroatoms. The van der Waals surface area contributed by atoms with Crippen LogP contribution in [0.3, 0.4) is 0 Å². The van der Waals surface area contributed by atoms with Gasteiger partial charge in [-0.3, -0.25) is 0 Å². The van der Waals surface area contributed by atoms with Crippen molar-refractivity contribution in [2.24, 2.45) is 0 Å². The molecule has 1 unspecified atom stereocenters. The van der Waals surface area contributed by atoms with Crippen molar-refractivity contribution >= 4 is 15.9 Å². The smallest absolute Gasteiger partial charge is 0.169 e. The SMILES string of the molecule is Brc1cc2c(o1)C(c1ncc[nH]1)COCC2. The van der Waals surface area contributed by atoms with Gasteiger partial charge in [-0.25, -0.2) is 4.98 Å². The quantitative estimate of drug-likeness (QED) is 0.874. The van der Waals surface area contributed by atoms with Crippen LogP contribution in [-0.4, -0.2) is 23.2 Å². The molecule has 16 heavy (non-hydrogen) atoms. The monoisotopic (exact) mass is 282 g/mol. The molecule has 4 nitrogen and oxygen atoms in total. The second kappa shape index (κ2) is 4.07. The molecule has 0 aromatic carbocycles. The minimum absolute atomic E-state index is 0.0683. The van der Waals surface area contributed by atoms with Gasteiger partial charge in [0.05, 0.1) is 19.1 Å². The number of halogens is 1. The lowest BCUT2D eigenvalue weighted by molar-refractivity contribution is 0.132. The van der Waals surface area contributed by atoms with Crippen LogP contribution >= 0.6 is 15.9 Å². The molecule has 0 saturated heterocycles. The lowest BCUT2D eigenvalue weighted by Gasteiger charge is -2.10. The Kier molecular flexibility index (Phi) is 2.57. The number of fused-ring (bicyclic) bond motifs is 1. The summed E-state index contributed by atoms with van der Waals surface area (Å²) in [6.07, 6.45) is 4.46. The Balaban J connectivity index is 2.05. The number of aromatic nitrogens is 2. The number of aromatic amines is 1. The van der Waals surface area contributed by atoms with Gasteiger partial charge >= 0.3 is 0 Å². The van der Waals surface area contributed by atoms with Crippen LogP contribution in [0.4, 0.5) is 0 Å². The van der Waals surface area contributed by atoms with Crippen molar-refractivity contribution in [3.63, 3.8) is 0 Å². The molecule has 2 aromatic rings.